The summed E-state index contributed by atoms with van der Waals surface area (Å²) in [6.45, 7) is 2.54. The third-order valence-electron chi connectivity index (χ3n) is 3.11. The zero-order valence-corrected chi connectivity index (χ0v) is 12.5. The molecule has 1 rings (SSSR count). The van der Waals surface area contributed by atoms with Crippen molar-refractivity contribution in [2.45, 2.75) is 39.0 Å². The Kier molecular flexibility index (Phi) is 7.21. The number of carbonyl (C=O) groups excluding carboxylic acids is 1. The van der Waals surface area contributed by atoms with E-state index < -0.39 is 5.97 Å². The molecule has 0 fully saturated rings. The molecule has 2 N–H and O–H groups in total. The minimum Gasteiger partial charge on any atom is -0.481 e. The molecule has 0 saturated heterocycles. The zero-order chi connectivity index (χ0) is 15.7. The minimum atomic E-state index is -0.738. The molecule has 0 atom stereocenters. The summed E-state index contributed by atoms with van der Waals surface area (Å²) in [5.41, 5.74) is 1.10. The highest BCUT2D eigenvalue weighted by atomic mass is 16.5. The van der Waals surface area contributed by atoms with Gasteiger partial charge in [0.2, 0.25) is 0 Å². The van der Waals surface area contributed by atoms with Crippen LogP contribution in [0.25, 0.3) is 0 Å². The van der Waals surface area contributed by atoms with Crippen molar-refractivity contribution in [3.8, 4) is 0 Å². The lowest BCUT2D eigenvalue weighted by Crippen LogP contribution is -2.08. The van der Waals surface area contributed by atoms with E-state index in [-0.39, 0.29) is 12.4 Å². The second-order valence-corrected chi connectivity index (χ2v) is 4.81. The highest BCUT2D eigenvalue weighted by molar-refractivity contribution is 5.90. The number of ether oxygens (including phenoxy) is 1. The monoisotopic (exact) mass is 294 g/mol. The summed E-state index contributed by atoms with van der Waals surface area (Å²) in [5, 5.41) is 11.7. The fraction of sp³-hybridized carbons (Fsp3) is 0.533. The molecule has 0 aliphatic rings. The number of methoxy groups -OCH3 is 1. The molecule has 0 aliphatic carbocycles. The van der Waals surface area contributed by atoms with Gasteiger partial charge in [0.15, 0.2) is 0 Å². The molecule has 1 aromatic heterocycles. The second-order valence-electron chi connectivity index (χ2n) is 4.81. The number of carboxylic acids is 1. The lowest BCUT2D eigenvalue weighted by Gasteiger charge is -2.08. The number of esters is 1. The van der Waals surface area contributed by atoms with Gasteiger partial charge in [-0.2, -0.15) is 0 Å². The maximum absolute atomic E-state index is 11.4. The number of nitrogens with zero attached hydrogens (tertiary/aromatic N) is 1. The molecule has 0 aliphatic heterocycles. The summed E-state index contributed by atoms with van der Waals surface area (Å²) in [4.78, 5) is 26.1. The van der Waals surface area contributed by atoms with Crippen molar-refractivity contribution in [2.75, 3.05) is 19.0 Å². The Morgan fingerprint density at radius 2 is 1.95 bits per heavy atom. The normalized spacial score (nSPS) is 10.2. The van der Waals surface area contributed by atoms with E-state index in [0.717, 1.165) is 38.0 Å². The van der Waals surface area contributed by atoms with Gasteiger partial charge in [0.25, 0.3) is 0 Å². The van der Waals surface area contributed by atoms with Crippen LogP contribution in [0.1, 0.15) is 48.2 Å². The summed E-state index contributed by atoms with van der Waals surface area (Å²) in [6.07, 6.45) is 3.82. The standard InChI is InChI=1S/C15H22N2O4/c1-11-12(15(20)21-2)8-9-13(17-11)16-10-6-4-3-5-7-14(18)19/h8-9H,3-7,10H2,1-2H3,(H,16,17)(H,18,19). The lowest BCUT2D eigenvalue weighted by molar-refractivity contribution is -0.137. The van der Waals surface area contributed by atoms with Crippen LogP contribution in [-0.4, -0.2) is 35.7 Å². The van der Waals surface area contributed by atoms with Crippen molar-refractivity contribution in [2.24, 2.45) is 0 Å². The van der Waals surface area contributed by atoms with Crippen LogP contribution in [0.5, 0.6) is 0 Å². The average molecular weight is 294 g/mol. The average Bonchev–Trinajstić information content (AvgIpc) is 2.45. The molecule has 6 heteroatoms. The predicted octanol–water partition coefficient (Wildman–Crippen LogP) is 2.62. The number of aromatic nitrogens is 1. The predicted molar refractivity (Wildman–Crippen MR) is 79.5 cm³/mol. The van der Waals surface area contributed by atoms with Gasteiger partial charge in [0.1, 0.15) is 5.82 Å². The van der Waals surface area contributed by atoms with Gasteiger partial charge in [0.05, 0.1) is 18.4 Å². The molecule has 0 aromatic carbocycles. The summed E-state index contributed by atoms with van der Waals surface area (Å²) >= 11 is 0. The topological polar surface area (TPSA) is 88.5 Å². The number of aryl methyl sites for hydroxylation is 1. The van der Waals surface area contributed by atoms with E-state index in [1.54, 1.807) is 19.1 Å². The largest absolute Gasteiger partial charge is 0.481 e. The van der Waals surface area contributed by atoms with Crippen LogP contribution in [0.2, 0.25) is 0 Å². The smallest absolute Gasteiger partial charge is 0.339 e. The first-order chi connectivity index (χ1) is 10.0. The molecule has 1 heterocycles. The van der Waals surface area contributed by atoms with Crippen LogP contribution in [0.3, 0.4) is 0 Å². The number of unbranched alkanes of at least 4 members (excludes halogenated alkanes) is 3. The molecular weight excluding hydrogens is 272 g/mol. The molecule has 6 nitrogen and oxygen atoms in total. The SMILES string of the molecule is COC(=O)c1ccc(NCCCCCCC(=O)O)nc1C. The Labute approximate surface area is 124 Å². The van der Waals surface area contributed by atoms with Gasteiger partial charge in [0, 0.05) is 13.0 Å². The second kappa shape index (κ2) is 8.94. The molecule has 0 saturated carbocycles. The molecule has 21 heavy (non-hydrogen) atoms. The number of carboxylic acid groups (broad SMARTS) is 1. The van der Waals surface area contributed by atoms with Crippen molar-refractivity contribution in [3.63, 3.8) is 0 Å². The van der Waals surface area contributed by atoms with E-state index >= 15 is 0 Å². The van der Waals surface area contributed by atoms with E-state index in [2.05, 4.69) is 15.0 Å². The lowest BCUT2D eigenvalue weighted by atomic mass is 10.1. The number of nitrogens with one attached hydrogen (secondary N) is 1. The molecule has 0 spiro atoms. The fourth-order valence-corrected chi connectivity index (χ4v) is 1.96. The zero-order valence-electron chi connectivity index (χ0n) is 12.5. The Hall–Kier alpha value is -2.11. The van der Waals surface area contributed by atoms with Crippen molar-refractivity contribution in [1.29, 1.82) is 0 Å². The van der Waals surface area contributed by atoms with Crippen LogP contribution in [-0.2, 0) is 9.53 Å². The first-order valence-corrected chi connectivity index (χ1v) is 7.06. The van der Waals surface area contributed by atoms with Gasteiger partial charge >= 0.3 is 11.9 Å². The number of aliphatic carboxylic acids is 1. The van der Waals surface area contributed by atoms with Crippen molar-refractivity contribution in [3.05, 3.63) is 23.4 Å². The van der Waals surface area contributed by atoms with Crippen LogP contribution in [0.4, 0.5) is 5.82 Å². The highest BCUT2D eigenvalue weighted by Crippen LogP contribution is 2.12. The number of rotatable bonds is 9. The molecule has 1 aromatic rings. The molecular formula is C15H22N2O4. The van der Waals surface area contributed by atoms with Crippen LogP contribution in [0, 0.1) is 6.92 Å². The van der Waals surface area contributed by atoms with Gasteiger partial charge in [-0.1, -0.05) is 12.8 Å². The molecule has 0 bridgehead atoms. The van der Waals surface area contributed by atoms with E-state index in [1.165, 1.54) is 7.11 Å². The van der Waals surface area contributed by atoms with E-state index in [4.69, 9.17) is 5.11 Å². The third-order valence-corrected chi connectivity index (χ3v) is 3.11. The third kappa shape index (κ3) is 6.25. The van der Waals surface area contributed by atoms with Gasteiger partial charge in [-0.25, -0.2) is 9.78 Å². The van der Waals surface area contributed by atoms with Crippen LogP contribution in [0.15, 0.2) is 12.1 Å². The maximum Gasteiger partial charge on any atom is 0.339 e. The summed E-state index contributed by atoms with van der Waals surface area (Å²) in [5.74, 6) is -0.394. The number of hydrogen-bond donors (Lipinski definition) is 2. The van der Waals surface area contributed by atoms with Crippen molar-refractivity contribution < 1.29 is 19.4 Å². The minimum absolute atomic E-state index is 0.239. The summed E-state index contributed by atoms with van der Waals surface area (Å²) in [7, 11) is 1.35. The van der Waals surface area contributed by atoms with Gasteiger partial charge in [-0.15, -0.1) is 0 Å². The van der Waals surface area contributed by atoms with E-state index in [0.29, 0.717) is 11.3 Å². The van der Waals surface area contributed by atoms with Crippen molar-refractivity contribution >= 4 is 17.8 Å². The Bertz CT molecular complexity index is 489. The number of anilines is 1. The highest BCUT2D eigenvalue weighted by Gasteiger charge is 2.10. The number of hydrogen-bond acceptors (Lipinski definition) is 5. The maximum atomic E-state index is 11.4. The summed E-state index contributed by atoms with van der Waals surface area (Å²) in [6, 6.07) is 3.45. The van der Waals surface area contributed by atoms with Gasteiger partial charge < -0.3 is 15.2 Å². The molecule has 116 valence electrons. The van der Waals surface area contributed by atoms with Crippen molar-refractivity contribution in [1.82, 2.24) is 4.98 Å². The number of pyridine rings is 1. The van der Waals surface area contributed by atoms with E-state index in [9.17, 15) is 9.59 Å². The molecule has 0 radical (unpaired) electrons. The molecule has 0 amide bonds. The Morgan fingerprint density at radius 1 is 1.24 bits per heavy atom. The van der Waals surface area contributed by atoms with Crippen LogP contribution >= 0.6 is 0 Å². The quantitative estimate of drug-likeness (QED) is 0.537. The summed E-state index contributed by atoms with van der Waals surface area (Å²) < 4.78 is 4.67. The Balaban J connectivity index is 2.28. The van der Waals surface area contributed by atoms with Gasteiger partial charge in [-0.3, -0.25) is 4.79 Å². The fourth-order valence-electron chi connectivity index (χ4n) is 1.96. The first-order valence-electron chi connectivity index (χ1n) is 7.06. The number of carbonyl (C=O) groups is 2. The first kappa shape index (κ1) is 16.9. The van der Waals surface area contributed by atoms with Gasteiger partial charge in [-0.05, 0) is 31.9 Å². The Morgan fingerprint density at radius 3 is 2.57 bits per heavy atom. The van der Waals surface area contributed by atoms with E-state index in [1.807, 2.05) is 0 Å². The van der Waals surface area contributed by atoms with Crippen LogP contribution < -0.4 is 5.32 Å². The molecule has 0 unspecified atom stereocenters.